The average Bonchev–Trinajstić information content (AvgIpc) is 3.37. The second kappa shape index (κ2) is 6.86. The van der Waals surface area contributed by atoms with Crippen LogP contribution in [0.3, 0.4) is 0 Å². The van der Waals surface area contributed by atoms with E-state index in [4.69, 9.17) is 4.74 Å². The highest BCUT2D eigenvalue weighted by Crippen LogP contribution is 2.37. The van der Waals surface area contributed by atoms with Crippen LogP contribution in [0.5, 0.6) is 5.75 Å². The monoisotopic (exact) mass is 372 g/mol. The molecule has 2 heterocycles. The fourth-order valence-corrected chi connectivity index (χ4v) is 4.64. The van der Waals surface area contributed by atoms with Crippen LogP contribution < -0.4 is 4.74 Å². The van der Waals surface area contributed by atoms with E-state index in [1.807, 2.05) is 23.1 Å². The van der Waals surface area contributed by atoms with Crippen molar-refractivity contribution < 1.29 is 9.53 Å². The van der Waals surface area contributed by atoms with E-state index in [2.05, 4.69) is 41.5 Å². The maximum atomic E-state index is 13.2. The zero-order valence-electron chi connectivity index (χ0n) is 16.1. The third-order valence-corrected chi connectivity index (χ3v) is 6.18. The number of hydrogen-bond donors (Lipinski definition) is 1. The zero-order valence-corrected chi connectivity index (χ0v) is 16.1. The SMILES string of the molecule is COc1ccc2c(c1)C(C(=O)N1CC=C(c3c[nH]c4ccccc34)CC1)CC2. The fraction of sp³-hybridized carbons (Fsp3) is 0.292. The molecule has 0 fully saturated rings. The molecule has 28 heavy (non-hydrogen) atoms. The van der Waals surface area contributed by atoms with Crippen LogP contribution in [0.4, 0.5) is 0 Å². The standard InChI is InChI=1S/C24H24N2O2/c1-28-18-8-6-16-7-9-20(21(16)14-18)24(27)26-12-10-17(11-13-26)22-15-25-23-5-3-2-4-19(22)23/h2-6,8,10,14-15,20,25H,7,9,11-13H2,1H3. The molecule has 1 N–H and O–H groups in total. The van der Waals surface area contributed by atoms with Crippen molar-refractivity contribution in [1.29, 1.82) is 0 Å². The Bertz CT molecular complexity index is 1080. The van der Waals surface area contributed by atoms with E-state index in [1.54, 1.807) is 7.11 Å². The number of para-hydroxylation sites is 1. The number of hydrogen-bond acceptors (Lipinski definition) is 2. The Hall–Kier alpha value is -3.01. The molecule has 2 aromatic carbocycles. The Kier molecular flexibility index (Phi) is 4.19. The molecule has 4 heteroatoms. The number of carbonyl (C=O) groups excluding carboxylic acids is 1. The van der Waals surface area contributed by atoms with Gasteiger partial charge < -0.3 is 14.6 Å². The molecule has 2 aliphatic rings. The predicted octanol–water partition coefficient (Wildman–Crippen LogP) is 4.52. The summed E-state index contributed by atoms with van der Waals surface area (Å²) in [6, 6.07) is 14.5. The lowest BCUT2D eigenvalue weighted by atomic mass is 9.96. The van der Waals surface area contributed by atoms with Gasteiger partial charge in [0, 0.05) is 35.8 Å². The van der Waals surface area contributed by atoms with E-state index >= 15 is 0 Å². The molecule has 4 nitrogen and oxygen atoms in total. The average molecular weight is 372 g/mol. The fourth-order valence-electron chi connectivity index (χ4n) is 4.64. The molecule has 0 spiro atoms. The largest absolute Gasteiger partial charge is 0.497 e. The van der Waals surface area contributed by atoms with E-state index in [0.29, 0.717) is 6.54 Å². The van der Waals surface area contributed by atoms with Gasteiger partial charge in [-0.15, -0.1) is 0 Å². The van der Waals surface area contributed by atoms with Crippen LogP contribution >= 0.6 is 0 Å². The van der Waals surface area contributed by atoms with E-state index in [-0.39, 0.29) is 11.8 Å². The molecular formula is C24H24N2O2. The molecule has 0 radical (unpaired) electrons. The van der Waals surface area contributed by atoms with Crippen molar-refractivity contribution in [3.8, 4) is 5.75 Å². The second-order valence-corrected chi connectivity index (χ2v) is 7.67. The van der Waals surface area contributed by atoms with Crippen LogP contribution in [0.15, 0.2) is 54.7 Å². The van der Waals surface area contributed by atoms with Crippen LogP contribution in [0.2, 0.25) is 0 Å². The molecule has 3 aromatic rings. The molecule has 5 rings (SSSR count). The molecule has 0 saturated heterocycles. The number of rotatable bonds is 3. The molecule has 1 amide bonds. The summed E-state index contributed by atoms with van der Waals surface area (Å²) in [4.78, 5) is 18.6. The van der Waals surface area contributed by atoms with Crippen LogP contribution in [-0.4, -0.2) is 36.0 Å². The number of nitrogens with zero attached hydrogens (tertiary/aromatic N) is 1. The number of nitrogens with one attached hydrogen (secondary N) is 1. The highest BCUT2D eigenvalue weighted by atomic mass is 16.5. The third kappa shape index (κ3) is 2.80. The van der Waals surface area contributed by atoms with Crippen LogP contribution in [0, 0.1) is 0 Å². The van der Waals surface area contributed by atoms with Crippen molar-refractivity contribution in [2.75, 3.05) is 20.2 Å². The Morgan fingerprint density at radius 1 is 1.18 bits per heavy atom. The Balaban J connectivity index is 1.35. The Morgan fingerprint density at radius 2 is 2.07 bits per heavy atom. The summed E-state index contributed by atoms with van der Waals surface area (Å²) in [5, 5.41) is 1.25. The molecule has 1 aromatic heterocycles. The summed E-state index contributed by atoms with van der Waals surface area (Å²) >= 11 is 0. The maximum absolute atomic E-state index is 13.2. The first-order valence-electron chi connectivity index (χ1n) is 9.95. The molecule has 0 saturated carbocycles. The van der Waals surface area contributed by atoms with Crippen molar-refractivity contribution in [3.63, 3.8) is 0 Å². The number of methoxy groups -OCH3 is 1. The van der Waals surface area contributed by atoms with Crippen LogP contribution in [0.25, 0.3) is 16.5 Å². The molecule has 142 valence electrons. The normalized spacial score (nSPS) is 18.8. The number of fused-ring (bicyclic) bond motifs is 2. The molecule has 1 aliphatic carbocycles. The van der Waals surface area contributed by atoms with Gasteiger partial charge in [0.2, 0.25) is 5.91 Å². The topological polar surface area (TPSA) is 45.3 Å². The summed E-state index contributed by atoms with van der Waals surface area (Å²) in [6.45, 7) is 1.46. The summed E-state index contributed by atoms with van der Waals surface area (Å²) < 4.78 is 5.37. The minimum atomic E-state index is -0.0341. The minimum Gasteiger partial charge on any atom is -0.497 e. The van der Waals surface area contributed by atoms with E-state index in [9.17, 15) is 4.79 Å². The first-order valence-corrected chi connectivity index (χ1v) is 9.95. The number of aromatic amines is 1. The van der Waals surface area contributed by atoms with Gasteiger partial charge in [0.15, 0.2) is 0 Å². The summed E-state index contributed by atoms with van der Waals surface area (Å²) in [6.07, 6.45) is 7.08. The number of aromatic nitrogens is 1. The van der Waals surface area contributed by atoms with Gasteiger partial charge in [0.1, 0.15) is 5.75 Å². The quantitative estimate of drug-likeness (QED) is 0.735. The number of ether oxygens (including phenoxy) is 1. The lowest BCUT2D eigenvalue weighted by Crippen LogP contribution is -2.37. The minimum absolute atomic E-state index is 0.0341. The van der Waals surface area contributed by atoms with Gasteiger partial charge in [-0.05, 0) is 54.2 Å². The highest BCUT2D eigenvalue weighted by molar-refractivity contribution is 5.93. The van der Waals surface area contributed by atoms with Crippen molar-refractivity contribution in [3.05, 3.63) is 71.4 Å². The van der Waals surface area contributed by atoms with Gasteiger partial charge >= 0.3 is 0 Å². The van der Waals surface area contributed by atoms with Gasteiger partial charge in [-0.3, -0.25) is 4.79 Å². The van der Waals surface area contributed by atoms with Crippen molar-refractivity contribution in [2.24, 2.45) is 0 Å². The van der Waals surface area contributed by atoms with Gasteiger partial charge in [0.05, 0.1) is 13.0 Å². The number of carbonyl (C=O) groups is 1. The number of benzene rings is 2. The molecular weight excluding hydrogens is 348 g/mol. The first kappa shape index (κ1) is 17.1. The lowest BCUT2D eigenvalue weighted by molar-refractivity contribution is -0.132. The molecule has 1 atom stereocenters. The van der Waals surface area contributed by atoms with Gasteiger partial charge in [-0.25, -0.2) is 0 Å². The number of aryl methyl sites for hydroxylation is 1. The Labute approximate surface area is 164 Å². The van der Waals surface area contributed by atoms with Crippen LogP contribution in [-0.2, 0) is 11.2 Å². The first-order chi connectivity index (χ1) is 13.7. The van der Waals surface area contributed by atoms with Gasteiger partial charge in [-0.2, -0.15) is 0 Å². The highest BCUT2D eigenvalue weighted by Gasteiger charge is 2.32. The molecule has 0 bridgehead atoms. The van der Waals surface area contributed by atoms with Gasteiger partial charge in [0.25, 0.3) is 0 Å². The van der Waals surface area contributed by atoms with Crippen molar-refractivity contribution >= 4 is 22.4 Å². The van der Waals surface area contributed by atoms with Crippen LogP contribution in [0.1, 0.15) is 35.4 Å². The number of H-pyrrole nitrogens is 1. The molecule has 1 unspecified atom stereocenters. The summed E-state index contributed by atoms with van der Waals surface area (Å²) in [7, 11) is 1.68. The van der Waals surface area contributed by atoms with E-state index in [0.717, 1.165) is 42.6 Å². The van der Waals surface area contributed by atoms with E-state index < -0.39 is 0 Å². The Morgan fingerprint density at radius 3 is 2.89 bits per heavy atom. The smallest absolute Gasteiger partial charge is 0.230 e. The third-order valence-electron chi connectivity index (χ3n) is 6.18. The zero-order chi connectivity index (χ0) is 19.1. The second-order valence-electron chi connectivity index (χ2n) is 7.67. The molecule has 1 aliphatic heterocycles. The van der Waals surface area contributed by atoms with Gasteiger partial charge in [-0.1, -0.05) is 30.3 Å². The van der Waals surface area contributed by atoms with Crippen molar-refractivity contribution in [2.45, 2.75) is 25.2 Å². The lowest BCUT2D eigenvalue weighted by Gasteiger charge is -2.29. The predicted molar refractivity (Wildman–Crippen MR) is 112 cm³/mol. The van der Waals surface area contributed by atoms with E-state index in [1.165, 1.54) is 22.1 Å². The summed E-state index contributed by atoms with van der Waals surface area (Å²) in [5.74, 6) is 1.05. The maximum Gasteiger partial charge on any atom is 0.230 e. The van der Waals surface area contributed by atoms with Crippen molar-refractivity contribution in [1.82, 2.24) is 9.88 Å². The number of amides is 1. The summed E-state index contributed by atoms with van der Waals surface area (Å²) in [5.41, 5.74) is 6.18.